The Bertz CT molecular complexity index is 974. The Morgan fingerprint density at radius 2 is 1.54 bits per heavy atom. The zero-order valence-corrected chi connectivity index (χ0v) is 18.5. The molecule has 0 heterocycles. The van der Waals surface area contributed by atoms with Crippen molar-refractivity contribution >= 4 is 11.8 Å². The maximum atomic E-state index is 14.5. The van der Waals surface area contributed by atoms with Crippen LogP contribution >= 0.6 is 0 Å². The summed E-state index contributed by atoms with van der Waals surface area (Å²) in [7, 11) is 0. The largest absolute Gasteiger partial charge is 0.435 e. The number of aliphatic hydroxyl groups excluding tert-OH is 1. The molecule has 3 aliphatic carbocycles. The minimum atomic E-state index is -6.16. The van der Waals surface area contributed by atoms with Crippen LogP contribution in [0.4, 0.5) is 30.7 Å². The molecule has 2 saturated carbocycles. The molecule has 0 spiro atoms. The number of aryl methyl sites for hydroxylation is 1. The number of hydrogen-bond acceptors (Lipinski definition) is 3. The summed E-state index contributed by atoms with van der Waals surface area (Å²) < 4.78 is 93.4. The first kappa shape index (κ1) is 25.7. The van der Waals surface area contributed by atoms with Crippen LogP contribution in [0.5, 0.6) is 0 Å². The molecule has 0 unspecified atom stereocenters. The summed E-state index contributed by atoms with van der Waals surface area (Å²) in [6, 6.07) is 2.14. The normalized spacial score (nSPS) is 28.5. The monoisotopic (exact) mass is 510 g/mol. The lowest BCUT2D eigenvalue weighted by Gasteiger charge is -2.38. The summed E-state index contributed by atoms with van der Waals surface area (Å²) in [6.45, 7) is -0.611. The van der Waals surface area contributed by atoms with Crippen molar-refractivity contribution in [1.29, 1.82) is 0 Å². The minimum Gasteiger partial charge on any atom is -0.387 e. The molecule has 12 heteroatoms. The molecule has 0 bridgehead atoms. The van der Waals surface area contributed by atoms with E-state index in [1.165, 1.54) is 0 Å². The van der Waals surface area contributed by atoms with Crippen LogP contribution in [0.15, 0.2) is 18.2 Å². The zero-order chi connectivity index (χ0) is 25.8. The van der Waals surface area contributed by atoms with Gasteiger partial charge in [-0.3, -0.25) is 9.59 Å². The van der Waals surface area contributed by atoms with Gasteiger partial charge in [0.1, 0.15) is 6.61 Å². The molecule has 35 heavy (non-hydrogen) atoms. The molecule has 0 aliphatic heterocycles. The van der Waals surface area contributed by atoms with Gasteiger partial charge in [-0.1, -0.05) is 18.2 Å². The molecule has 0 saturated heterocycles. The SMILES string of the molecule is O=C(CO)N[C@H]1C[C@H](NC(=O)[C@@H]2CC[C@H]3c4ccc(C(F)(C(F)(F)F)C(F)(F)F)cc4CC[C@@H]23)C1. The fourth-order valence-electron chi connectivity index (χ4n) is 5.83. The average molecular weight is 510 g/mol. The van der Waals surface area contributed by atoms with Gasteiger partial charge in [-0.15, -0.1) is 0 Å². The number of rotatable bonds is 5. The van der Waals surface area contributed by atoms with Gasteiger partial charge in [-0.05, 0) is 61.5 Å². The van der Waals surface area contributed by atoms with E-state index in [1.807, 2.05) is 0 Å². The molecular formula is C23H25F7N2O3. The maximum Gasteiger partial charge on any atom is 0.435 e. The van der Waals surface area contributed by atoms with Crippen molar-refractivity contribution in [2.75, 3.05) is 6.61 Å². The fourth-order valence-corrected chi connectivity index (χ4v) is 5.83. The predicted octanol–water partition coefficient (Wildman–Crippen LogP) is 3.79. The van der Waals surface area contributed by atoms with Gasteiger partial charge in [0.05, 0.1) is 0 Å². The number of alkyl halides is 7. The second kappa shape index (κ2) is 8.94. The van der Waals surface area contributed by atoms with E-state index in [-0.39, 0.29) is 47.7 Å². The summed E-state index contributed by atoms with van der Waals surface area (Å²) in [4.78, 5) is 24.1. The molecule has 3 aliphatic rings. The van der Waals surface area contributed by atoms with E-state index < -0.39 is 36.1 Å². The molecule has 1 aromatic rings. The molecule has 194 valence electrons. The lowest BCUT2D eigenvalue weighted by molar-refractivity contribution is -0.348. The summed E-state index contributed by atoms with van der Waals surface area (Å²) in [5.41, 5.74) is -6.11. The second-order valence-corrected chi connectivity index (χ2v) is 9.66. The highest BCUT2D eigenvalue weighted by Gasteiger charge is 2.73. The van der Waals surface area contributed by atoms with Gasteiger partial charge in [0.25, 0.3) is 0 Å². The Morgan fingerprint density at radius 3 is 2.14 bits per heavy atom. The van der Waals surface area contributed by atoms with Crippen LogP contribution in [0.2, 0.25) is 0 Å². The van der Waals surface area contributed by atoms with Crippen molar-refractivity contribution < 1.29 is 45.4 Å². The smallest absolute Gasteiger partial charge is 0.387 e. The predicted molar refractivity (Wildman–Crippen MR) is 109 cm³/mol. The summed E-state index contributed by atoms with van der Waals surface area (Å²) in [5, 5.41) is 14.3. The zero-order valence-electron chi connectivity index (χ0n) is 18.5. The third kappa shape index (κ3) is 4.49. The van der Waals surface area contributed by atoms with E-state index in [9.17, 15) is 40.3 Å². The van der Waals surface area contributed by atoms with E-state index >= 15 is 0 Å². The topological polar surface area (TPSA) is 78.4 Å². The van der Waals surface area contributed by atoms with E-state index in [0.717, 1.165) is 6.07 Å². The number of aliphatic hydroxyl groups is 1. The molecule has 4 rings (SSSR count). The number of fused-ring (bicyclic) bond motifs is 3. The third-order valence-electron chi connectivity index (χ3n) is 7.62. The molecule has 2 fully saturated rings. The van der Waals surface area contributed by atoms with E-state index in [0.29, 0.717) is 49.8 Å². The van der Waals surface area contributed by atoms with E-state index in [4.69, 9.17) is 5.11 Å². The standard InChI is InChI=1S/C23H25F7N2O3/c24-21(22(25,26)27,23(28,29)30)12-2-4-15-11(7-12)1-3-17-16(15)5-6-18(17)20(35)32-14-8-13(9-14)31-19(34)10-33/h2,4,7,13-14,16-18,33H,1,3,5-6,8-10H2,(H,31,34)(H,32,35)/t13-,14-,16-,17+,18+/m0/s1. The number of carbonyl (C=O) groups is 2. The van der Waals surface area contributed by atoms with Crippen LogP contribution in [0, 0.1) is 11.8 Å². The van der Waals surface area contributed by atoms with Crippen LogP contribution in [-0.2, 0) is 21.7 Å². The van der Waals surface area contributed by atoms with Crippen molar-refractivity contribution in [2.45, 2.75) is 74.5 Å². The Kier molecular flexibility index (Phi) is 6.56. The van der Waals surface area contributed by atoms with Gasteiger partial charge in [-0.2, -0.15) is 26.3 Å². The lowest BCUT2D eigenvalue weighted by Crippen LogP contribution is -2.55. The highest BCUT2D eigenvalue weighted by molar-refractivity contribution is 5.80. The molecule has 1 aromatic carbocycles. The Labute approximate surface area is 196 Å². The van der Waals surface area contributed by atoms with Crippen molar-refractivity contribution in [3.05, 3.63) is 34.9 Å². The quantitative estimate of drug-likeness (QED) is 0.528. The van der Waals surface area contributed by atoms with Crippen LogP contribution in [0.3, 0.4) is 0 Å². The first-order chi connectivity index (χ1) is 16.3. The highest BCUT2D eigenvalue weighted by atomic mass is 19.4. The summed E-state index contributed by atoms with van der Waals surface area (Å²) in [6.07, 6.45) is -9.62. The number of carbonyl (C=O) groups excluding carboxylic acids is 2. The first-order valence-electron chi connectivity index (χ1n) is 11.4. The van der Waals surface area contributed by atoms with E-state index in [1.54, 1.807) is 0 Å². The number of hydrogen-bond donors (Lipinski definition) is 3. The second-order valence-electron chi connectivity index (χ2n) is 9.66. The molecule has 0 radical (unpaired) electrons. The van der Waals surface area contributed by atoms with Gasteiger partial charge in [0, 0.05) is 23.6 Å². The Balaban J connectivity index is 1.45. The minimum absolute atomic E-state index is 0.112. The highest BCUT2D eigenvalue weighted by Crippen LogP contribution is 2.55. The third-order valence-corrected chi connectivity index (χ3v) is 7.62. The van der Waals surface area contributed by atoms with Gasteiger partial charge >= 0.3 is 18.0 Å². The molecule has 5 nitrogen and oxygen atoms in total. The maximum absolute atomic E-state index is 14.5. The molecular weight excluding hydrogens is 485 g/mol. The van der Waals surface area contributed by atoms with Crippen LogP contribution < -0.4 is 10.6 Å². The lowest BCUT2D eigenvalue weighted by atomic mass is 9.73. The Hall–Kier alpha value is -2.37. The van der Waals surface area contributed by atoms with Crippen LogP contribution in [-0.4, -0.2) is 48.0 Å². The Morgan fingerprint density at radius 1 is 0.914 bits per heavy atom. The van der Waals surface area contributed by atoms with Crippen molar-refractivity contribution in [3.8, 4) is 0 Å². The molecule has 3 atom stereocenters. The van der Waals surface area contributed by atoms with Crippen LogP contribution in [0.25, 0.3) is 0 Å². The summed E-state index contributed by atoms with van der Waals surface area (Å²) >= 11 is 0. The van der Waals surface area contributed by atoms with Crippen molar-refractivity contribution in [3.63, 3.8) is 0 Å². The van der Waals surface area contributed by atoms with Gasteiger partial charge < -0.3 is 15.7 Å². The number of halogens is 7. The average Bonchev–Trinajstić information content (AvgIpc) is 3.19. The molecule has 0 aromatic heterocycles. The van der Waals surface area contributed by atoms with Gasteiger partial charge in [-0.25, -0.2) is 4.39 Å². The van der Waals surface area contributed by atoms with Crippen LogP contribution in [0.1, 0.15) is 54.7 Å². The van der Waals surface area contributed by atoms with Gasteiger partial charge in [0.15, 0.2) is 0 Å². The molecule has 3 N–H and O–H groups in total. The van der Waals surface area contributed by atoms with E-state index in [2.05, 4.69) is 10.6 Å². The number of amides is 2. The van der Waals surface area contributed by atoms with Gasteiger partial charge in [0.2, 0.25) is 11.8 Å². The fraction of sp³-hybridized carbons (Fsp3) is 0.652. The summed E-state index contributed by atoms with van der Waals surface area (Å²) in [5.74, 6) is -1.31. The van der Waals surface area contributed by atoms with Crippen molar-refractivity contribution in [2.24, 2.45) is 11.8 Å². The molecule has 2 amide bonds. The first-order valence-corrected chi connectivity index (χ1v) is 11.4. The number of benzene rings is 1. The van der Waals surface area contributed by atoms with Crippen molar-refractivity contribution in [1.82, 2.24) is 10.6 Å². The number of nitrogens with one attached hydrogen (secondary N) is 2.